The molecule has 0 bridgehead atoms. The summed E-state index contributed by atoms with van der Waals surface area (Å²) in [5.74, 6) is -0.205. The molecule has 6 heteroatoms. The van der Waals surface area contributed by atoms with Crippen LogP contribution in [0.5, 0.6) is 0 Å². The minimum Gasteiger partial charge on any atom is -0.352 e. The van der Waals surface area contributed by atoms with E-state index in [0.29, 0.717) is 16.5 Å². The Morgan fingerprint density at radius 2 is 1.54 bits per heavy atom. The van der Waals surface area contributed by atoms with Gasteiger partial charge in [0.15, 0.2) is 0 Å². The summed E-state index contributed by atoms with van der Waals surface area (Å²) in [6.07, 6.45) is 4.84. The number of carbonyl (C=O) groups excluding carboxylic acids is 2. The number of hydrogen-bond donors (Lipinski definition) is 1. The van der Waals surface area contributed by atoms with Gasteiger partial charge in [0.05, 0.1) is 16.5 Å². The summed E-state index contributed by atoms with van der Waals surface area (Å²) in [5.41, 5.74) is 5.00. The highest BCUT2D eigenvalue weighted by Gasteiger charge is 2.32. The number of halogens is 2. The Kier molecular flexibility index (Phi) is 9.28. The number of hydrogen-bond acceptors (Lipinski definition) is 2. The zero-order valence-corrected chi connectivity index (χ0v) is 23.0. The average Bonchev–Trinajstić information content (AvgIpc) is 3.36. The lowest BCUT2D eigenvalue weighted by molar-refractivity contribution is -0.141. The first-order valence-electron chi connectivity index (χ1n) is 12.9. The fraction of sp³-hybridized carbons (Fsp3) is 0.355. The Bertz CT molecular complexity index is 1220. The number of amides is 2. The summed E-state index contributed by atoms with van der Waals surface area (Å²) in [7, 11) is 0. The highest BCUT2D eigenvalue weighted by molar-refractivity contribution is 6.42. The molecule has 1 aliphatic rings. The topological polar surface area (TPSA) is 49.4 Å². The molecule has 0 saturated heterocycles. The van der Waals surface area contributed by atoms with Gasteiger partial charge in [-0.1, -0.05) is 102 Å². The Morgan fingerprint density at radius 1 is 0.865 bits per heavy atom. The molecule has 1 saturated carbocycles. The normalized spacial score (nSPS) is 14.4. The second-order valence-electron chi connectivity index (χ2n) is 10.1. The third-order valence-corrected chi connectivity index (χ3v) is 7.69. The maximum Gasteiger partial charge on any atom is 0.243 e. The van der Waals surface area contributed by atoms with Crippen molar-refractivity contribution in [1.82, 2.24) is 10.2 Å². The Labute approximate surface area is 230 Å². The van der Waals surface area contributed by atoms with Crippen LogP contribution in [0.3, 0.4) is 0 Å². The van der Waals surface area contributed by atoms with Crippen molar-refractivity contribution in [3.8, 4) is 0 Å². The molecule has 194 valence electrons. The second-order valence-corrected chi connectivity index (χ2v) is 11.0. The van der Waals surface area contributed by atoms with Crippen LogP contribution in [0.4, 0.5) is 0 Å². The molecule has 37 heavy (non-hydrogen) atoms. The van der Waals surface area contributed by atoms with Crippen LogP contribution in [0.15, 0.2) is 66.7 Å². The molecule has 2 amide bonds. The van der Waals surface area contributed by atoms with Gasteiger partial charge in [-0.3, -0.25) is 9.59 Å². The van der Waals surface area contributed by atoms with E-state index in [-0.39, 0.29) is 30.8 Å². The van der Waals surface area contributed by atoms with Crippen molar-refractivity contribution in [1.29, 1.82) is 0 Å². The summed E-state index contributed by atoms with van der Waals surface area (Å²) >= 11 is 12.5. The van der Waals surface area contributed by atoms with E-state index >= 15 is 0 Å². The van der Waals surface area contributed by atoms with Gasteiger partial charge in [-0.2, -0.15) is 0 Å². The largest absolute Gasteiger partial charge is 0.352 e. The highest BCUT2D eigenvalue weighted by atomic mass is 35.5. The summed E-state index contributed by atoms with van der Waals surface area (Å²) in [6.45, 7) is 4.32. The number of nitrogens with one attached hydrogen (secondary N) is 1. The van der Waals surface area contributed by atoms with E-state index in [1.165, 1.54) is 0 Å². The van der Waals surface area contributed by atoms with Crippen molar-refractivity contribution >= 4 is 35.0 Å². The van der Waals surface area contributed by atoms with Crippen LogP contribution in [0.2, 0.25) is 10.0 Å². The van der Waals surface area contributed by atoms with Gasteiger partial charge in [0.2, 0.25) is 11.8 Å². The van der Waals surface area contributed by atoms with E-state index in [9.17, 15) is 9.59 Å². The first-order valence-corrected chi connectivity index (χ1v) is 13.7. The SMILES string of the molecule is Cc1cc(C)cc(CC(=O)N(Cc2ccc(Cl)c(Cl)c2)[C@@H](Cc2ccccc2)C(=O)NC2CCCC2)c1. The molecule has 0 radical (unpaired) electrons. The minimum atomic E-state index is -0.657. The minimum absolute atomic E-state index is 0.0985. The number of aryl methyl sites for hydroxylation is 2. The van der Waals surface area contributed by atoms with Gasteiger partial charge in [0.25, 0.3) is 0 Å². The average molecular weight is 538 g/mol. The standard InChI is InChI=1S/C31H34Cl2N2O2/c1-21-14-22(2)16-25(15-21)19-30(36)35(20-24-12-13-27(32)28(33)17-24)29(18-23-8-4-3-5-9-23)31(37)34-26-10-6-7-11-26/h3-5,8-9,12-17,26,29H,6-7,10-11,18-20H2,1-2H3,(H,34,37)/t29-/m0/s1. The van der Waals surface area contributed by atoms with Gasteiger partial charge in [-0.05, 0) is 55.5 Å². The fourth-order valence-electron chi connectivity index (χ4n) is 5.20. The van der Waals surface area contributed by atoms with Crippen LogP contribution in [-0.2, 0) is 29.0 Å². The second kappa shape index (κ2) is 12.6. The van der Waals surface area contributed by atoms with Gasteiger partial charge in [-0.15, -0.1) is 0 Å². The van der Waals surface area contributed by atoms with Crippen LogP contribution in [0.25, 0.3) is 0 Å². The lowest BCUT2D eigenvalue weighted by atomic mass is 10.00. The molecule has 4 rings (SSSR count). The molecule has 0 aliphatic heterocycles. The van der Waals surface area contributed by atoms with Crippen LogP contribution in [-0.4, -0.2) is 28.8 Å². The third-order valence-electron chi connectivity index (χ3n) is 6.95. The quantitative estimate of drug-likeness (QED) is 0.325. The summed E-state index contributed by atoms with van der Waals surface area (Å²) in [6, 6.07) is 20.9. The summed E-state index contributed by atoms with van der Waals surface area (Å²) in [4.78, 5) is 29.4. The number of nitrogens with zero attached hydrogens (tertiary/aromatic N) is 1. The Balaban J connectivity index is 1.69. The van der Waals surface area contributed by atoms with Gasteiger partial charge in [-0.25, -0.2) is 0 Å². The van der Waals surface area contributed by atoms with Crippen molar-refractivity contribution < 1.29 is 9.59 Å². The first-order chi connectivity index (χ1) is 17.8. The third kappa shape index (κ3) is 7.59. The van der Waals surface area contributed by atoms with E-state index < -0.39 is 6.04 Å². The predicted octanol–water partition coefficient (Wildman–Crippen LogP) is 6.85. The first kappa shape index (κ1) is 27.2. The number of carbonyl (C=O) groups is 2. The van der Waals surface area contributed by atoms with Gasteiger partial charge >= 0.3 is 0 Å². The Hall–Kier alpha value is -2.82. The van der Waals surface area contributed by atoms with Crippen molar-refractivity contribution in [2.24, 2.45) is 0 Å². The van der Waals surface area contributed by atoms with E-state index in [1.54, 1.807) is 17.0 Å². The van der Waals surface area contributed by atoms with E-state index in [1.807, 2.05) is 62.4 Å². The van der Waals surface area contributed by atoms with E-state index in [0.717, 1.165) is 53.5 Å². The molecule has 3 aromatic carbocycles. The van der Waals surface area contributed by atoms with Crippen LogP contribution >= 0.6 is 23.2 Å². The highest BCUT2D eigenvalue weighted by Crippen LogP contribution is 2.25. The fourth-order valence-corrected chi connectivity index (χ4v) is 5.52. The zero-order valence-electron chi connectivity index (χ0n) is 21.5. The monoisotopic (exact) mass is 536 g/mol. The number of benzene rings is 3. The smallest absolute Gasteiger partial charge is 0.243 e. The molecule has 1 N–H and O–H groups in total. The molecule has 1 aliphatic carbocycles. The van der Waals surface area contributed by atoms with Crippen molar-refractivity contribution in [3.63, 3.8) is 0 Å². The van der Waals surface area contributed by atoms with Crippen LogP contribution in [0, 0.1) is 13.8 Å². The molecule has 1 fully saturated rings. The summed E-state index contributed by atoms with van der Waals surface area (Å²) < 4.78 is 0. The van der Waals surface area contributed by atoms with Crippen molar-refractivity contribution in [3.05, 3.63) is 105 Å². The molecule has 0 heterocycles. The summed E-state index contributed by atoms with van der Waals surface area (Å²) in [5, 5.41) is 4.13. The van der Waals surface area contributed by atoms with E-state index in [4.69, 9.17) is 23.2 Å². The maximum absolute atomic E-state index is 14.0. The molecule has 3 aromatic rings. The molecule has 0 unspecified atom stereocenters. The van der Waals surface area contributed by atoms with Crippen LogP contribution in [0.1, 0.15) is 53.5 Å². The molecule has 1 atom stereocenters. The Morgan fingerprint density at radius 3 is 2.19 bits per heavy atom. The maximum atomic E-state index is 14.0. The molecular weight excluding hydrogens is 503 g/mol. The number of rotatable bonds is 9. The molecule has 4 nitrogen and oxygen atoms in total. The lowest BCUT2D eigenvalue weighted by Crippen LogP contribution is -2.52. The van der Waals surface area contributed by atoms with Gasteiger partial charge < -0.3 is 10.2 Å². The van der Waals surface area contributed by atoms with Gasteiger partial charge in [0.1, 0.15) is 6.04 Å². The van der Waals surface area contributed by atoms with E-state index in [2.05, 4.69) is 11.4 Å². The van der Waals surface area contributed by atoms with Crippen molar-refractivity contribution in [2.45, 2.75) is 71.0 Å². The lowest BCUT2D eigenvalue weighted by Gasteiger charge is -2.32. The molecule has 0 spiro atoms. The van der Waals surface area contributed by atoms with Crippen molar-refractivity contribution in [2.75, 3.05) is 0 Å². The molecular formula is C31H34Cl2N2O2. The predicted molar refractivity (Wildman–Crippen MR) is 151 cm³/mol. The molecule has 0 aromatic heterocycles. The van der Waals surface area contributed by atoms with Gasteiger partial charge in [0, 0.05) is 19.0 Å². The van der Waals surface area contributed by atoms with Crippen LogP contribution < -0.4 is 5.32 Å². The zero-order chi connectivity index (χ0) is 26.4.